The number of benzene rings is 3. The smallest absolute Gasteiger partial charge is 0.262 e. The Labute approximate surface area is 187 Å². The van der Waals surface area contributed by atoms with Gasteiger partial charge in [-0.05, 0) is 42.5 Å². The highest BCUT2D eigenvalue weighted by molar-refractivity contribution is 7.92. The van der Waals surface area contributed by atoms with Crippen LogP contribution in [0.15, 0.2) is 77.7 Å². The molecule has 3 aromatic carbocycles. The number of thiocarbonyl (C=S) groups is 1. The summed E-state index contributed by atoms with van der Waals surface area (Å²) in [6.45, 7) is 0. The summed E-state index contributed by atoms with van der Waals surface area (Å²) >= 11 is 5.16. The molecule has 0 aliphatic heterocycles. The van der Waals surface area contributed by atoms with Crippen LogP contribution in [0.1, 0.15) is 10.4 Å². The number of methoxy groups -OCH3 is 1. The van der Waals surface area contributed by atoms with Crippen molar-refractivity contribution in [2.75, 3.05) is 17.1 Å². The molecule has 0 aromatic heterocycles. The van der Waals surface area contributed by atoms with Crippen molar-refractivity contribution in [3.8, 4) is 5.75 Å². The van der Waals surface area contributed by atoms with E-state index in [9.17, 15) is 13.2 Å². The number of sulfonamides is 1. The maximum atomic E-state index is 12.8. The first-order valence-corrected chi connectivity index (χ1v) is 10.9. The predicted molar refractivity (Wildman–Crippen MR) is 126 cm³/mol. The molecule has 0 fully saturated rings. The van der Waals surface area contributed by atoms with Gasteiger partial charge in [-0.15, -0.1) is 0 Å². The van der Waals surface area contributed by atoms with Crippen LogP contribution in [0.2, 0.25) is 0 Å². The molecule has 2 radical (unpaired) electrons. The molecule has 0 aliphatic rings. The third kappa shape index (κ3) is 5.62. The van der Waals surface area contributed by atoms with Crippen LogP contribution in [0.4, 0.5) is 11.4 Å². The fourth-order valence-electron chi connectivity index (χ4n) is 2.71. The number of ether oxygens (including phenoxy) is 1. The van der Waals surface area contributed by atoms with Crippen molar-refractivity contribution in [2.24, 2.45) is 0 Å². The van der Waals surface area contributed by atoms with Crippen molar-refractivity contribution in [3.05, 3.63) is 78.4 Å². The summed E-state index contributed by atoms with van der Waals surface area (Å²) in [5, 5.41) is 5.32. The first kappa shape index (κ1) is 22.3. The van der Waals surface area contributed by atoms with Crippen molar-refractivity contribution >= 4 is 57.9 Å². The summed E-state index contributed by atoms with van der Waals surface area (Å²) in [4.78, 5) is 12.3. The van der Waals surface area contributed by atoms with E-state index in [-0.39, 0.29) is 15.6 Å². The monoisotopic (exact) mass is 451 g/mol. The summed E-state index contributed by atoms with van der Waals surface area (Å²) in [7, 11) is 3.36. The topological polar surface area (TPSA) is 96.5 Å². The minimum atomic E-state index is -3.89. The van der Waals surface area contributed by atoms with Gasteiger partial charge in [-0.25, -0.2) is 8.42 Å². The first-order valence-electron chi connectivity index (χ1n) is 9.03. The number of rotatable bonds is 6. The van der Waals surface area contributed by atoms with Gasteiger partial charge in [-0.3, -0.25) is 14.8 Å². The van der Waals surface area contributed by atoms with Gasteiger partial charge in [0.25, 0.3) is 15.9 Å². The molecule has 0 saturated heterocycles. The number of hydrogen-bond acceptors (Lipinski definition) is 5. The number of hydrogen-bond donors (Lipinski definition) is 3. The molecule has 0 spiro atoms. The van der Waals surface area contributed by atoms with Gasteiger partial charge in [0.05, 0.1) is 17.7 Å². The molecular formula is C21H18BN3O4S2. The Balaban J connectivity index is 1.73. The molecule has 1 amide bonds. The molecule has 0 aliphatic carbocycles. The summed E-state index contributed by atoms with van der Waals surface area (Å²) < 4.78 is 33.3. The highest BCUT2D eigenvalue weighted by atomic mass is 32.2. The Morgan fingerprint density at radius 1 is 1.00 bits per heavy atom. The number of para-hydroxylation sites is 2. The summed E-state index contributed by atoms with van der Waals surface area (Å²) in [5.74, 6) is -0.0818. The lowest BCUT2D eigenvalue weighted by molar-refractivity contribution is 0.0979. The van der Waals surface area contributed by atoms with Crippen LogP contribution >= 0.6 is 12.2 Å². The van der Waals surface area contributed by atoms with E-state index in [1.54, 1.807) is 60.7 Å². The van der Waals surface area contributed by atoms with E-state index in [2.05, 4.69) is 15.4 Å². The Morgan fingerprint density at radius 2 is 1.71 bits per heavy atom. The third-order valence-electron chi connectivity index (χ3n) is 4.19. The second-order valence-corrected chi connectivity index (χ2v) is 8.42. The number of nitrogens with one attached hydrogen (secondary N) is 3. The van der Waals surface area contributed by atoms with Crippen LogP contribution in [0.3, 0.4) is 0 Å². The van der Waals surface area contributed by atoms with Gasteiger partial charge in [0.2, 0.25) is 0 Å². The second-order valence-electron chi connectivity index (χ2n) is 6.33. The van der Waals surface area contributed by atoms with Crippen LogP contribution in [0.5, 0.6) is 5.75 Å². The first-order chi connectivity index (χ1) is 14.8. The van der Waals surface area contributed by atoms with E-state index in [0.717, 1.165) is 0 Å². The standard InChI is InChI=1S/C21H18BN3O4S2/c1-29-19-12-5-4-11-18(19)25-31(27,28)15-8-6-7-14(13-15)23-21(30)24-20(26)16-9-2-3-10-17(16)22/h2-13,25H,1H3,(H2,23,24,26,30). The van der Waals surface area contributed by atoms with Crippen molar-refractivity contribution in [2.45, 2.75) is 4.90 Å². The lowest BCUT2D eigenvalue weighted by Crippen LogP contribution is -2.36. The number of carbonyl (C=O) groups excluding carboxylic acids is 1. The van der Waals surface area contributed by atoms with E-state index in [4.69, 9.17) is 24.8 Å². The van der Waals surface area contributed by atoms with Crippen LogP contribution in [0.25, 0.3) is 0 Å². The Bertz CT molecular complexity index is 1230. The normalized spacial score (nSPS) is 10.7. The maximum Gasteiger partial charge on any atom is 0.262 e. The number of amides is 1. The van der Waals surface area contributed by atoms with E-state index in [1.165, 1.54) is 19.2 Å². The Hall–Kier alpha value is -3.37. The van der Waals surface area contributed by atoms with Gasteiger partial charge < -0.3 is 10.1 Å². The Kier molecular flexibility index (Phi) is 6.93. The molecule has 3 N–H and O–H groups in total. The van der Waals surface area contributed by atoms with Gasteiger partial charge in [-0.1, -0.05) is 47.9 Å². The van der Waals surface area contributed by atoms with Crippen molar-refractivity contribution in [1.82, 2.24) is 5.32 Å². The van der Waals surface area contributed by atoms with Gasteiger partial charge in [-0.2, -0.15) is 0 Å². The minimum absolute atomic E-state index is 0.000453. The summed E-state index contributed by atoms with van der Waals surface area (Å²) in [5.41, 5.74) is 1.29. The number of carbonyl (C=O) groups is 1. The van der Waals surface area contributed by atoms with Gasteiger partial charge >= 0.3 is 0 Å². The van der Waals surface area contributed by atoms with E-state index in [1.807, 2.05) is 0 Å². The molecule has 0 unspecified atom stereocenters. The van der Waals surface area contributed by atoms with E-state index < -0.39 is 15.9 Å². The summed E-state index contributed by atoms with van der Waals surface area (Å²) in [6.07, 6.45) is 0. The molecule has 0 atom stereocenters. The fourth-order valence-corrected chi connectivity index (χ4v) is 4.04. The van der Waals surface area contributed by atoms with E-state index in [0.29, 0.717) is 22.6 Å². The van der Waals surface area contributed by atoms with Crippen LogP contribution < -0.4 is 25.6 Å². The van der Waals surface area contributed by atoms with Gasteiger partial charge in [0.1, 0.15) is 13.6 Å². The molecule has 0 saturated carbocycles. The molecule has 3 aromatic rings. The highest BCUT2D eigenvalue weighted by Gasteiger charge is 2.17. The average molecular weight is 451 g/mol. The van der Waals surface area contributed by atoms with Crippen LogP contribution in [-0.2, 0) is 10.0 Å². The van der Waals surface area contributed by atoms with Gasteiger partial charge in [0.15, 0.2) is 5.11 Å². The molecule has 156 valence electrons. The summed E-state index contributed by atoms with van der Waals surface area (Å²) in [6, 6.07) is 19.3. The predicted octanol–water partition coefficient (Wildman–Crippen LogP) is 2.42. The Morgan fingerprint density at radius 3 is 2.45 bits per heavy atom. The van der Waals surface area contributed by atoms with Crippen molar-refractivity contribution in [3.63, 3.8) is 0 Å². The zero-order valence-corrected chi connectivity index (χ0v) is 18.1. The van der Waals surface area contributed by atoms with Crippen molar-refractivity contribution < 1.29 is 17.9 Å². The quantitative estimate of drug-likeness (QED) is 0.394. The zero-order valence-electron chi connectivity index (χ0n) is 16.5. The molecular weight excluding hydrogens is 433 g/mol. The zero-order chi connectivity index (χ0) is 22.4. The maximum absolute atomic E-state index is 12.8. The SMILES string of the molecule is [B]c1ccccc1C(=O)NC(=S)Nc1cccc(S(=O)(=O)Nc2ccccc2OC)c1. The molecule has 7 nitrogen and oxygen atoms in total. The third-order valence-corrected chi connectivity index (χ3v) is 5.75. The second kappa shape index (κ2) is 9.63. The molecule has 0 bridgehead atoms. The van der Waals surface area contributed by atoms with Crippen LogP contribution in [-0.4, -0.2) is 34.4 Å². The van der Waals surface area contributed by atoms with E-state index >= 15 is 0 Å². The van der Waals surface area contributed by atoms with Crippen molar-refractivity contribution in [1.29, 1.82) is 0 Å². The molecule has 3 rings (SSSR count). The molecule has 10 heteroatoms. The average Bonchev–Trinajstić information content (AvgIpc) is 2.74. The highest BCUT2D eigenvalue weighted by Crippen LogP contribution is 2.26. The minimum Gasteiger partial charge on any atom is -0.495 e. The lowest BCUT2D eigenvalue weighted by Gasteiger charge is -2.14. The number of anilines is 2. The fraction of sp³-hybridized carbons (Fsp3) is 0.0476. The largest absolute Gasteiger partial charge is 0.495 e. The van der Waals surface area contributed by atoms with Crippen LogP contribution in [0, 0.1) is 0 Å². The lowest BCUT2D eigenvalue weighted by atomic mass is 9.90. The molecule has 0 heterocycles. The van der Waals surface area contributed by atoms with Gasteiger partial charge in [0, 0.05) is 11.3 Å². The molecule has 31 heavy (non-hydrogen) atoms.